The Hall–Kier alpha value is -0.290. The Labute approximate surface area is 95.6 Å². The molecule has 0 amide bonds. The fraction of sp³-hybridized carbons (Fsp3) is 0.333. The smallest absolute Gasteiger partial charge is 0.124 e. The number of halogens is 2. The Morgan fingerprint density at radius 3 is 2.50 bits per heavy atom. The summed E-state index contributed by atoms with van der Waals surface area (Å²) in [6, 6.07) is 2.51. The normalized spacial score (nSPS) is 15.2. The number of aliphatic hydroxyl groups excluding tert-OH is 1. The highest BCUT2D eigenvalue weighted by Crippen LogP contribution is 2.35. The molecule has 0 aliphatic carbocycles. The van der Waals surface area contributed by atoms with Gasteiger partial charge in [0.1, 0.15) is 5.75 Å². The molecule has 0 heterocycles. The van der Waals surface area contributed by atoms with Crippen LogP contribution in [-0.4, -0.2) is 16.3 Å². The van der Waals surface area contributed by atoms with Gasteiger partial charge in [0.05, 0.1) is 6.10 Å². The number of rotatable bonds is 2. The van der Waals surface area contributed by atoms with E-state index in [1.165, 1.54) is 6.07 Å². The molecule has 2 unspecified atom stereocenters. The van der Waals surface area contributed by atoms with E-state index in [4.69, 9.17) is 17.3 Å². The molecule has 0 aliphatic rings. The van der Waals surface area contributed by atoms with E-state index < -0.39 is 12.1 Å². The summed E-state index contributed by atoms with van der Waals surface area (Å²) in [6.45, 7) is 1.66. The summed E-state index contributed by atoms with van der Waals surface area (Å²) < 4.78 is 0.548. The van der Waals surface area contributed by atoms with E-state index in [0.29, 0.717) is 15.1 Å². The van der Waals surface area contributed by atoms with Crippen molar-refractivity contribution in [3.8, 4) is 5.75 Å². The zero-order valence-electron chi connectivity index (χ0n) is 7.54. The largest absolute Gasteiger partial charge is 0.507 e. The van der Waals surface area contributed by atoms with Gasteiger partial charge in [-0.15, -0.1) is 0 Å². The third kappa shape index (κ3) is 2.39. The highest BCUT2D eigenvalue weighted by Gasteiger charge is 2.19. The van der Waals surface area contributed by atoms with Crippen LogP contribution in [0.4, 0.5) is 0 Å². The number of aliphatic hydroxyl groups is 1. The van der Waals surface area contributed by atoms with Crippen molar-refractivity contribution in [3.63, 3.8) is 0 Å². The number of phenolic OH excluding ortho intramolecular Hbond substituents is 1. The molecule has 1 aromatic rings. The molecule has 14 heavy (non-hydrogen) atoms. The predicted molar refractivity (Wildman–Crippen MR) is 59.4 cm³/mol. The third-order valence-electron chi connectivity index (χ3n) is 1.87. The molecule has 0 fully saturated rings. The van der Waals surface area contributed by atoms with Crippen LogP contribution < -0.4 is 5.73 Å². The summed E-state index contributed by atoms with van der Waals surface area (Å²) in [6.07, 6.45) is -0.915. The molecular formula is C9H11BrClNO2. The van der Waals surface area contributed by atoms with Crippen LogP contribution in [0.1, 0.15) is 18.6 Å². The second-order valence-electron chi connectivity index (χ2n) is 3.12. The minimum absolute atomic E-state index is 0.0609. The molecule has 0 saturated heterocycles. The maximum Gasteiger partial charge on any atom is 0.124 e. The van der Waals surface area contributed by atoms with E-state index in [2.05, 4.69) is 15.9 Å². The van der Waals surface area contributed by atoms with Crippen molar-refractivity contribution in [3.05, 3.63) is 27.2 Å². The Balaban J connectivity index is 3.20. The highest BCUT2D eigenvalue weighted by molar-refractivity contribution is 9.10. The van der Waals surface area contributed by atoms with Crippen LogP contribution in [0.5, 0.6) is 5.75 Å². The van der Waals surface area contributed by atoms with Gasteiger partial charge in [-0.2, -0.15) is 0 Å². The van der Waals surface area contributed by atoms with Crippen molar-refractivity contribution in [2.24, 2.45) is 5.73 Å². The third-order valence-corrected chi connectivity index (χ3v) is 2.74. The van der Waals surface area contributed by atoms with Crippen molar-refractivity contribution in [2.45, 2.75) is 19.1 Å². The van der Waals surface area contributed by atoms with Gasteiger partial charge in [0.2, 0.25) is 0 Å². The number of benzene rings is 1. The second kappa shape index (κ2) is 4.49. The Kier molecular flexibility index (Phi) is 3.78. The zero-order valence-corrected chi connectivity index (χ0v) is 9.88. The van der Waals surface area contributed by atoms with Crippen molar-refractivity contribution in [1.29, 1.82) is 0 Å². The van der Waals surface area contributed by atoms with Gasteiger partial charge in [0.15, 0.2) is 0 Å². The van der Waals surface area contributed by atoms with Gasteiger partial charge in [-0.05, 0) is 19.1 Å². The van der Waals surface area contributed by atoms with E-state index in [-0.39, 0.29) is 5.75 Å². The van der Waals surface area contributed by atoms with Crippen LogP contribution >= 0.6 is 27.5 Å². The molecule has 5 heteroatoms. The van der Waals surface area contributed by atoms with Gasteiger partial charge < -0.3 is 15.9 Å². The quantitative estimate of drug-likeness (QED) is 0.778. The van der Waals surface area contributed by atoms with Crippen LogP contribution in [0.3, 0.4) is 0 Å². The Bertz CT molecular complexity index is 321. The summed E-state index contributed by atoms with van der Waals surface area (Å²) in [5.41, 5.74) is 5.89. The van der Waals surface area contributed by atoms with Crippen LogP contribution in [0.15, 0.2) is 16.6 Å². The van der Waals surface area contributed by atoms with Crippen molar-refractivity contribution >= 4 is 27.5 Å². The molecule has 4 N–H and O–H groups in total. The Morgan fingerprint density at radius 1 is 1.50 bits per heavy atom. The van der Waals surface area contributed by atoms with Gasteiger partial charge in [-0.25, -0.2) is 0 Å². The number of hydrogen-bond donors (Lipinski definition) is 3. The lowest BCUT2D eigenvalue weighted by atomic mass is 10.0. The molecule has 0 aliphatic heterocycles. The lowest BCUT2D eigenvalue weighted by molar-refractivity contribution is 0.149. The molecular weight excluding hydrogens is 269 g/mol. The van der Waals surface area contributed by atoms with Gasteiger partial charge >= 0.3 is 0 Å². The first-order chi connectivity index (χ1) is 6.43. The van der Waals surface area contributed by atoms with Crippen molar-refractivity contribution in [1.82, 2.24) is 0 Å². The van der Waals surface area contributed by atoms with Crippen LogP contribution in [-0.2, 0) is 0 Å². The number of phenols is 1. The fourth-order valence-corrected chi connectivity index (χ4v) is 2.16. The maximum atomic E-state index is 9.69. The van der Waals surface area contributed by atoms with E-state index >= 15 is 0 Å². The molecule has 1 aromatic carbocycles. The molecule has 2 atom stereocenters. The van der Waals surface area contributed by atoms with Gasteiger partial charge in [-0.3, -0.25) is 0 Å². The minimum Gasteiger partial charge on any atom is -0.507 e. The predicted octanol–water partition coefficient (Wildman–Crippen LogP) is 2.19. The number of hydrogen-bond acceptors (Lipinski definition) is 3. The van der Waals surface area contributed by atoms with Gasteiger partial charge in [0, 0.05) is 21.1 Å². The summed E-state index contributed by atoms with van der Waals surface area (Å²) in [5.74, 6) is -0.0609. The molecule has 0 aromatic heterocycles. The summed E-state index contributed by atoms with van der Waals surface area (Å²) in [5, 5.41) is 19.7. The topological polar surface area (TPSA) is 66.5 Å². The average molecular weight is 281 g/mol. The first-order valence-electron chi connectivity index (χ1n) is 4.05. The molecule has 1 rings (SSSR count). The Morgan fingerprint density at radius 2 is 2.07 bits per heavy atom. The standard InChI is InChI=1S/C9H11BrClNO2/c1-4(12)9(14)8-6(10)2-5(11)3-7(8)13/h2-4,9,13-14H,12H2,1H3. The summed E-state index contributed by atoms with van der Waals surface area (Å²) in [7, 11) is 0. The average Bonchev–Trinajstić information content (AvgIpc) is 2.01. The van der Waals surface area contributed by atoms with E-state index in [1.807, 2.05) is 0 Å². The SMILES string of the molecule is CC(N)C(O)c1c(O)cc(Cl)cc1Br. The second-order valence-corrected chi connectivity index (χ2v) is 4.42. The number of aromatic hydroxyl groups is 1. The van der Waals surface area contributed by atoms with E-state index in [9.17, 15) is 10.2 Å². The molecule has 3 nitrogen and oxygen atoms in total. The van der Waals surface area contributed by atoms with E-state index in [1.54, 1.807) is 13.0 Å². The van der Waals surface area contributed by atoms with E-state index in [0.717, 1.165) is 0 Å². The minimum atomic E-state index is -0.915. The molecule has 78 valence electrons. The summed E-state index contributed by atoms with van der Waals surface area (Å²) in [4.78, 5) is 0. The van der Waals surface area contributed by atoms with Crippen molar-refractivity contribution < 1.29 is 10.2 Å². The van der Waals surface area contributed by atoms with Gasteiger partial charge in [-0.1, -0.05) is 27.5 Å². The van der Waals surface area contributed by atoms with Crippen LogP contribution in [0.25, 0.3) is 0 Å². The van der Waals surface area contributed by atoms with Crippen molar-refractivity contribution in [2.75, 3.05) is 0 Å². The number of nitrogens with two attached hydrogens (primary N) is 1. The first-order valence-corrected chi connectivity index (χ1v) is 5.22. The fourth-order valence-electron chi connectivity index (χ4n) is 1.13. The zero-order chi connectivity index (χ0) is 10.9. The van der Waals surface area contributed by atoms with Crippen LogP contribution in [0.2, 0.25) is 5.02 Å². The molecule has 0 radical (unpaired) electrons. The van der Waals surface area contributed by atoms with Crippen LogP contribution in [0, 0.1) is 0 Å². The lowest BCUT2D eigenvalue weighted by Gasteiger charge is -2.17. The van der Waals surface area contributed by atoms with Gasteiger partial charge in [0.25, 0.3) is 0 Å². The summed E-state index contributed by atoms with van der Waals surface area (Å²) >= 11 is 8.91. The molecule has 0 bridgehead atoms. The molecule has 0 saturated carbocycles. The molecule has 0 spiro atoms. The monoisotopic (exact) mass is 279 g/mol. The first kappa shape index (κ1) is 11.8. The maximum absolute atomic E-state index is 9.69. The highest BCUT2D eigenvalue weighted by atomic mass is 79.9. The lowest BCUT2D eigenvalue weighted by Crippen LogP contribution is -2.24.